The molecule has 2 aromatic rings. The Labute approximate surface area is 116 Å². The van der Waals surface area contributed by atoms with Gasteiger partial charge in [-0.2, -0.15) is 0 Å². The van der Waals surface area contributed by atoms with E-state index >= 15 is 0 Å². The number of thiophene rings is 1. The number of methoxy groups -OCH3 is 1. The molecule has 0 spiro atoms. The molecule has 4 heteroatoms. The van der Waals surface area contributed by atoms with E-state index in [2.05, 4.69) is 0 Å². The maximum Gasteiger partial charge on any atom is 0.172 e. The average molecular weight is 276 g/mol. The molecule has 0 saturated heterocycles. The molecular weight excluding hydrogens is 260 g/mol. The zero-order chi connectivity index (χ0) is 13.5. The van der Waals surface area contributed by atoms with Crippen molar-refractivity contribution < 1.29 is 14.3 Å². The summed E-state index contributed by atoms with van der Waals surface area (Å²) >= 11 is 1.48. The monoisotopic (exact) mass is 276 g/mol. The van der Waals surface area contributed by atoms with Crippen LogP contribution in [0.15, 0.2) is 41.8 Å². The van der Waals surface area contributed by atoms with Crippen molar-refractivity contribution in [3.63, 3.8) is 0 Å². The number of Topliss-reactive ketones (excluding diaryl/α,β-unsaturated/α-hetero) is 1. The Hall–Kier alpha value is -1.81. The minimum atomic E-state index is 0.184. The number of hydrogen-bond donors (Lipinski definition) is 0. The fraction of sp³-hybridized carbons (Fsp3) is 0.267. The number of ketones is 1. The van der Waals surface area contributed by atoms with E-state index in [4.69, 9.17) is 9.47 Å². The van der Waals surface area contributed by atoms with Crippen LogP contribution in [0.3, 0.4) is 0 Å². The molecule has 0 fully saturated rings. The molecule has 0 aliphatic rings. The Bertz CT molecular complexity index is 520. The molecule has 0 amide bonds. The SMILES string of the molecule is COc1cccc(OCCCC(=O)c2cccs2)c1. The van der Waals surface area contributed by atoms with E-state index in [9.17, 15) is 4.79 Å². The molecule has 0 radical (unpaired) electrons. The lowest BCUT2D eigenvalue weighted by Crippen LogP contribution is -2.02. The molecular formula is C15H16O3S. The maximum atomic E-state index is 11.8. The summed E-state index contributed by atoms with van der Waals surface area (Å²) in [5.41, 5.74) is 0. The van der Waals surface area contributed by atoms with Crippen LogP contribution in [0.25, 0.3) is 0 Å². The first kappa shape index (κ1) is 13.6. The van der Waals surface area contributed by atoms with Crippen molar-refractivity contribution in [2.45, 2.75) is 12.8 Å². The van der Waals surface area contributed by atoms with Crippen molar-refractivity contribution in [1.82, 2.24) is 0 Å². The Balaban J connectivity index is 1.73. The van der Waals surface area contributed by atoms with Crippen LogP contribution in [0.5, 0.6) is 11.5 Å². The van der Waals surface area contributed by atoms with Crippen LogP contribution in [-0.4, -0.2) is 19.5 Å². The van der Waals surface area contributed by atoms with Gasteiger partial charge in [0.05, 0.1) is 18.6 Å². The van der Waals surface area contributed by atoms with Crippen LogP contribution < -0.4 is 9.47 Å². The van der Waals surface area contributed by atoms with Gasteiger partial charge < -0.3 is 9.47 Å². The highest BCUT2D eigenvalue weighted by Gasteiger charge is 2.06. The second kappa shape index (κ2) is 6.95. The second-order valence-corrected chi connectivity index (χ2v) is 4.98. The number of rotatable bonds is 7. The average Bonchev–Trinajstić information content (AvgIpc) is 2.98. The van der Waals surface area contributed by atoms with Crippen LogP contribution in [0.1, 0.15) is 22.5 Å². The second-order valence-electron chi connectivity index (χ2n) is 4.03. The lowest BCUT2D eigenvalue weighted by Gasteiger charge is -2.07. The van der Waals surface area contributed by atoms with Gasteiger partial charge in [-0.25, -0.2) is 0 Å². The first-order valence-electron chi connectivity index (χ1n) is 6.13. The van der Waals surface area contributed by atoms with Gasteiger partial charge in [-0.3, -0.25) is 4.79 Å². The quantitative estimate of drug-likeness (QED) is 0.570. The van der Waals surface area contributed by atoms with Gasteiger partial charge in [0.15, 0.2) is 5.78 Å². The number of hydrogen-bond acceptors (Lipinski definition) is 4. The molecule has 0 aliphatic carbocycles. The highest BCUT2D eigenvalue weighted by Crippen LogP contribution is 2.19. The van der Waals surface area contributed by atoms with E-state index in [-0.39, 0.29) is 5.78 Å². The van der Waals surface area contributed by atoms with Gasteiger partial charge in [-0.1, -0.05) is 12.1 Å². The van der Waals surface area contributed by atoms with Gasteiger partial charge in [0, 0.05) is 12.5 Å². The summed E-state index contributed by atoms with van der Waals surface area (Å²) < 4.78 is 10.7. The van der Waals surface area contributed by atoms with Crippen LogP contribution in [0.4, 0.5) is 0 Å². The van der Waals surface area contributed by atoms with Crippen molar-refractivity contribution in [2.75, 3.05) is 13.7 Å². The van der Waals surface area contributed by atoms with E-state index in [0.717, 1.165) is 16.4 Å². The fourth-order valence-corrected chi connectivity index (χ4v) is 2.37. The van der Waals surface area contributed by atoms with Crippen molar-refractivity contribution in [3.8, 4) is 11.5 Å². The molecule has 0 bridgehead atoms. The van der Waals surface area contributed by atoms with Crippen molar-refractivity contribution in [2.24, 2.45) is 0 Å². The van der Waals surface area contributed by atoms with Crippen LogP contribution in [0.2, 0.25) is 0 Å². The molecule has 0 aliphatic heterocycles. The summed E-state index contributed by atoms with van der Waals surface area (Å²) in [4.78, 5) is 12.6. The van der Waals surface area contributed by atoms with Crippen LogP contribution in [0, 0.1) is 0 Å². The lowest BCUT2D eigenvalue weighted by molar-refractivity contribution is 0.0977. The number of carbonyl (C=O) groups is 1. The minimum Gasteiger partial charge on any atom is -0.497 e. The summed E-state index contributed by atoms with van der Waals surface area (Å²) in [5.74, 6) is 1.72. The van der Waals surface area contributed by atoms with Gasteiger partial charge in [0.2, 0.25) is 0 Å². The molecule has 0 unspecified atom stereocenters. The molecule has 3 nitrogen and oxygen atoms in total. The Kier molecular flexibility index (Phi) is 4.98. The van der Waals surface area contributed by atoms with E-state index in [0.29, 0.717) is 19.4 Å². The largest absolute Gasteiger partial charge is 0.497 e. The van der Waals surface area contributed by atoms with Crippen molar-refractivity contribution in [3.05, 3.63) is 46.7 Å². The lowest BCUT2D eigenvalue weighted by atomic mass is 10.2. The van der Waals surface area contributed by atoms with Crippen molar-refractivity contribution in [1.29, 1.82) is 0 Å². The summed E-state index contributed by atoms with van der Waals surface area (Å²) in [6.07, 6.45) is 1.23. The number of carbonyl (C=O) groups excluding carboxylic acids is 1. The summed E-state index contributed by atoms with van der Waals surface area (Å²) in [6, 6.07) is 11.2. The predicted octanol–water partition coefficient (Wildman–Crippen LogP) is 3.80. The highest BCUT2D eigenvalue weighted by molar-refractivity contribution is 7.12. The Morgan fingerprint density at radius 3 is 2.79 bits per heavy atom. The Morgan fingerprint density at radius 1 is 1.21 bits per heavy atom. The first-order chi connectivity index (χ1) is 9.29. The van der Waals surface area contributed by atoms with Crippen LogP contribution >= 0.6 is 11.3 Å². The molecule has 0 N–H and O–H groups in total. The molecule has 0 atom stereocenters. The minimum absolute atomic E-state index is 0.184. The van der Waals surface area contributed by atoms with E-state index in [1.165, 1.54) is 11.3 Å². The third kappa shape index (κ3) is 4.10. The molecule has 0 saturated carbocycles. The third-order valence-electron chi connectivity index (χ3n) is 2.65. The van der Waals surface area contributed by atoms with Crippen LogP contribution in [-0.2, 0) is 0 Å². The van der Waals surface area contributed by atoms with E-state index in [1.54, 1.807) is 7.11 Å². The molecule has 100 valence electrons. The highest BCUT2D eigenvalue weighted by atomic mass is 32.1. The number of ether oxygens (including phenoxy) is 2. The maximum absolute atomic E-state index is 11.8. The molecule has 2 rings (SSSR count). The zero-order valence-corrected chi connectivity index (χ0v) is 11.6. The zero-order valence-electron chi connectivity index (χ0n) is 10.8. The van der Waals surface area contributed by atoms with Gasteiger partial charge in [0.1, 0.15) is 11.5 Å². The Morgan fingerprint density at radius 2 is 2.05 bits per heavy atom. The normalized spacial score (nSPS) is 10.2. The smallest absolute Gasteiger partial charge is 0.172 e. The number of benzene rings is 1. The van der Waals surface area contributed by atoms with Crippen molar-refractivity contribution >= 4 is 17.1 Å². The predicted molar refractivity (Wildman–Crippen MR) is 76.4 cm³/mol. The molecule has 19 heavy (non-hydrogen) atoms. The fourth-order valence-electron chi connectivity index (χ4n) is 1.67. The van der Waals surface area contributed by atoms with Gasteiger partial charge in [0.25, 0.3) is 0 Å². The standard InChI is InChI=1S/C15H16O3S/c1-17-12-5-2-6-13(11-12)18-9-3-7-14(16)15-8-4-10-19-15/h2,4-6,8,10-11H,3,7,9H2,1H3. The summed E-state index contributed by atoms with van der Waals surface area (Å²) in [5, 5.41) is 1.92. The summed E-state index contributed by atoms with van der Waals surface area (Å²) in [7, 11) is 1.62. The topological polar surface area (TPSA) is 35.5 Å². The molecule has 1 aromatic heterocycles. The van der Waals surface area contributed by atoms with Gasteiger partial charge >= 0.3 is 0 Å². The first-order valence-corrected chi connectivity index (χ1v) is 7.01. The third-order valence-corrected chi connectivity index (χ3v) is 3.57. The molecule has 1 heterocycles. The molecule has 1 aromatic carbocycles. The van der Waals surface area contributed by atoms with E-state index in [1.807, 2.05) is 41.8 Å². The van der Waals surface area contributed by atoms with E-state index < -0.39 is 0 Å². The van der Waals surface area contributed by atoms with Gasteiger partial charge in [-0.05, 0) is 30.0 Å². The summed E-state index contributed by atoms with van der Waals surface area (Å²) in [6.45, 7) is 0.532. The van der Waals surface area contributed by atoms with Gasteiger partial charge in [-0.15, -0.1) is 11.3 Å².